The van der Waals surface area contributed by atoms with Crippen molar-refractivity contribution in [1.82, 2.24) is 4.90 Å². The van der Waals surface area contributed by atoms with Gasteiger partial charge in [0.2, 0.25) is 0 Å². The first-order chi connectivity index (χ1) is 15.4. The van der Waals surface area contributed by atoms with Crippen molar-refractivity contribution in [3.63, 3.8) is 0 Å². The monoisotopic (exact) mass is 471 g/mol. The van der Waals surface area contributed by atoms with Crippen LogP contribution >= 0.6 is 0 Å². The third-order valence-corrected chi connectivity index (χ3v) is 4.31. The second-order valence-electron chi connectivity index (χ2n) is 6.56. The van der Waals surface area contributed by atoms with Crippen LogP contribution in [0.1, 0.15) is 28.4 Å². The summed E-state index contributed by atoms with van der Waals surface area (Å²) in [5, 5.41) is 9.14. The van der Waals surface area contributed by atoms with Gasteiger partial charge in [-0.2, -0.15) is 36.6 Å². The van der Waals surface area contributed by atoms with Crippen LogP contribution in [0.3, 0.4) is 0 Å². The van der Waals surface area contributed by atoms with E-state index < -0.39 is 47.5 Å². The molecule has 1 aromatic carbocycles. The SMILES string of the molecule is CC(C(N=CN)=Nc1cccc[nH+]1)N(CC#N)C(=O)c1cc(C(F)(F)F)cc(C(F)(F)F)c1. The van der Waals surface area contributed by atoms with Gasteiger partial charge in [0, 0.05) is 11.6 Å². The van der Waals surface area contributed by atoms with E-state index in [1.807, 2.05) is 0 Å². The van der Waals surface area contributed by atoms with Crippen molar-refractivity contribution in [2.75, 3.05) is 6.54 Å². The summed E-state index contributed by atoms with van der Waals surface area (Å²) in [4.78, 5) is 24.5. The van der Waals surface area contributed by atoms with Crippen molar-refractivity contribution in [3.05, 3.63) is 59.3 Å². The number of aliphatic imine (C=N–C) groups is 2. The molecule has 33 heavy (non-hydrogen) atoms. The number of nitrogens with two attached hydrogens (primary N) is 1. The van der Waals surface area contributed by atoms with Crippen molar-refractivity contribution in [3.8, 4) is 6.07 Å². The zero-order valence-corrected chi connectivity index (χ0v) is 16.9. The van der Waals surface area contributed by atoms with Crippen LogP contribution < -0.4 is 10.7 Å². The molecule has 1 amide bonds. The number of hydrogen-bond donors (Lipinski definition) is 1. The fourth-order valence-corrected chi connectivity index (χ4v) is 2.73. The molecule has 1 atom stereocenters. The largest absolute Gasteiger partial charge is 0.416 e. The lowest BCUT2D eigenvalue weighted by Gasteiger charge is -2.25. The lowest BCUT2D eigenvalue weighted by Crippen LogP contribution is -2.43. The van der Waals surface area contributed by atoms with Crippen molar-refractivity contribution in [2.45, 2.75) is 25.3 Å². The Kier molecular flexibility index (Phi) is 7.76. The average molecular weight is 471 g/mol. The predicted molar refractivity (Wildman–Crippen MR) is 105 cm³/mol. The number of nitrogens with one attached hydrogen (secondary N) is 1. The molecule has 2 aromatic rings. The van der Waals surface area contributed by atoms with E-state index in [9.17, 15) is 31.1 Å². The van der Waals surface area contributed by atoms with Gasteiger partial charge in [-0.3, -0.25) is 4.79 Å². The molecule has 174 valence electrons. The minimum atomic E-state index is -5.14. The molecule has 0 aliphatic heterocycles. The third-order valence-electron chi connectivity index (χ3n) is 4.31. The zero-order chi connectivity index (χ0) is 24.8. The lowest BCUT2D eigenvalue weighted by atomic mass is 10.0. The number of carbonyl (C=O) groups is 1. The molecular formula is C20H17F6N6O+. The topological polar surface area (TPSA) is 109 Å². The van der Waals surface area contributed by atoms with Crippen LogP contribution in [0.15, 0.2) is 52.6 Å². The van der Waals surface area contributed by atoms with Crippen LogP contribution in [0.25, 0.3) is 0 Å². The Morgan fingerprint density at radius 2 is 1.79 bits per heavy atom. The van der Waals surface area contributed by atoms with Crippen LogP contribution in [0.2, 0.25) is 0 Å². The molecule has 0 spiro atoms. The van der Waals surface area contributed by atoms with Gasteiger partial charge in [0.15, 0.2) is 0 Å². The smallest absolute Gasteiger partial charge is 0.390 e. The molecule has 0 fully saturated rings. The number of amides is 1. The highest BCUT2D eigenvalue weighted by Gasteiger charge is 2.38. The van der Waals surface area contributed by atoms with E-state index in [2.05, 4.69) is 15.0 Å². The summed E-state index contributed by atoms with van der Waals surface area (Å²) in [6, 6.07) is 5.84. The van der Waals surface area contributed by atoms with Crippen LogP contribution in [0.5, 0.6) is 0 Å². The normalized spacial score (nSPS) is 13.6. The third kappa shape index (κ3) is 6.52. The summed E-state index contributed by atoms with van der Waals surface area (Å²) < 4.78 is 79.1. The number of aromatic amines is 1. The van der Waals surface area contributed by atoms with Crippen LogP contribution in [0.4, 0.5) is 32.2 Å². The molecule has 1 heterocycles. The molecule has 7 nitrogen and oxygen atoms in total. The molecule has 2 rings (SSSR count). The number of pyridine rings is 1. The number of amidine groups is 1. The maximum atomic E-state index is 13.2. The van der Waals surface area contributed by atoms with Gasteiger partial charge in [-0.15, -0.1) is 0 Å². The van der Waals surface area contributed by atoms with Crippen LogP contribution in [0, 0.1) is 11.3 Å². The highest BCUT2D eigenvalue weighted by Crippen LogP contribution is 2.36. The number of benzene rings is 1. The van der Waals surface area contributed by atoms with E-state index in [0.29, 0.717) is 12.1 Å². The number of rotatable bonds is 5. The van der Waals surface area contributed by atoms with Crippen molar-refractivity contribution in [1.29, 1.82) is 5.26 Å². The van der Waals surface area contributed by atoms with E-state index in [1.165, 1.54) is 19.2 Å². The standard InChI is InChI=1S/C20H16F6N6O/c1-12(17(30-11-28)31-16-4-2-3-6-29-16)32(7-5-27)18(33)13-8-14(19(21,22)23)10-15(9-13)20(24,25)26/h2-4,6,8-12H,7H2,1H3,(H2,28,29,30,31)/p+1. The second-order valence-corrected chi connectivity index (χ2v) is 6.56. The summed E-state index contributed by atoms with van der Waals surface area (Å²) in [5.74, 6) is -1.10. The molecule has 13 heteroatoms. The number of carbonyl (C=O) groups excluding carboxylic acids is 1. The number of H-pyrrole nitrogens is 1. The Labute approximate surface area is 183 Å². The van der Waals surface area contributed by atoms with E-state index >= 15 is 0 Å². The van der Waals surface area contributed by atoms with Crippen molar-refractivity contribution < 1.29 is 36.1 Å². The average Bonchev–Trinajstić information content (AvgIpc) is 2.75. The van der Waals surface area contributed by atoms with Gasteiger partial charge in [-0.25, -0.2) is 4.98 Å². The number of hydrogen-bond acceptors (Lipinski definition) is 3. The Morgan fingerprint density at radius 3 is 2.24 bits per heavy atom. The fourth-order valence-electron chi connectivity index (χ4n) is 2.73. The first-order valence-corrected chi connectivity index (χ1v) is 9.15. The summed E-state index contributed by atoms with van der Waals surface area (Å²) in [6.07, 6.45) is -7.89. The minimum absolute atomic E-state index is 0.0916. The molecule has 0 radical (unpaired) electrons. The summed E-state index contributed by atoms with van der Waals surface area (Å²) in [6.45, 7) is 0.678. The predicted octanol–water partition coefficient (Wildman–Crippen LogP) is 3.61. The summed E-state index contributed by atoms with van der Waals surface area (Å²) in [5.41, 5.74) is 1.11. The minimum Gasteiger partial charge on any atom is -0.390 e. The molecule has 0 bridgehead atoms. The first kappa shape index (κ1) is 25.3. The molecule has 1 unspecified atom stereocenters. The molecule has 1 aromatic heterocycles. The molecule has 3 N–H and O–H groups in total. The zero-order valence-electron chi connectivity index (χ0n) is 16.9. The van der Waals surface area contributed by atoms with Gasteiger partial charge in [-0.1, -0.05) is 6.07 Å². The number of alkyl halides is 6. The number of halogens is 6. The summed E-state index contributed by atoms with van der Waals surface area (Å²) in [7, 11) is 0. The Morgan fingerprint density at radius 1 is 1.18 bits per heavy atom. The highest BCUT2D eigenvalue weighted by molar-refractivity contribution is 6.01. The first-order valence-electron chi connectivity index (χ1n) is 9.15. The van der Waals surface area contributed by atoms with Gasteiger partial charge in [0.05, 0.1) is 29.7 Å². The lowest BCUT2D eigenvalue weighted by molar-refractivity contribution is -0.362. The highest BCUT2D eigenvalue weighted by atomic mass is 19.4. The molecule has 0 aliphatic carbocycles. The van der Waals surface area contributed by atoms with Gasteiger partial charge < -0.3 is 10.6 Å². The maximum absolute atomic E-state index is 13.2. The number of aromatic nitrogens is 1. The molecule has 0 saturated heterocycles. The van der Waals surface area contributed by atoms with Gasteiger partial charge in [0.25, 0.3) is 11.7 Å². The number of nitriles is 1. The number of nitrogens with zero attached hydrogens (tertiary/aromatic N) is 4. The molecule has 0 saturated carbocycles. The van der Waals surface area contributed by atoms with E-state index in [1.54, 1.807) is 18.2 Å². The second kappa shape index (κ2) is 10.1. The quantitative estimate of drug-likeness (QED) is 0.311. The van der Waals surface area contributed by atoms with E-state index in [4.69, 9.17) is 11.0 Å². The Bertz CT molecular complexity index is 1060. The van der Waals surface area contributed by atoms with Crippen LogP contribution in [-0.2, 0) is 12.4 Å². The van der Waals surface area contributed by atoms with E-state index in [-0.39, 0.29) is 17.7 Å². The molecular weight excluding hydrogens is 454 g/mol. The van der Waals surface area contributed by atoms with Gasteiger partial charge in [-0.05, 0) is 36.2 Å². The van der Waals surface area contributed by atoms with E-state index in [0.717, 1.165) is 11.2 Å². The van der Waals surface area contributed by atoms with Crippen molar-refractivity contribution >= 4 is 23.9 Å². The van der Waals surface area contributed by atoms with Gasteiger partial charge >= 0.3 is 18.2 Å². The molecule has 0 aliphatic rings. The summed E-state index contributed by atoms with van der Waals surface area (Å²) >= 11 is 0. The van der Waals surface area contributed by atoms with Gasteiger partial charge in [0.1, 0.15) is 12.6 Å². The Hall–Kier alpha value is -3.95. The maximum Gasteiger partial charge on any atom is 0.416 e. The van der Waals surface area contributed by atoms with Crippen LogP contribution in [-0.4, -0.2) is 35.6 Å². The van der Waals surface area contributed by atoms with Crippen molar-refractivity contribution in [2.24, 2.45) is 15.7 Å². The fraction of sp³-hybridized carbons (Fsp3) is 0.250. The Balaban J connectivity index is 2.57.